The minimum Gasteiger partial charge on any atom is -0.487 e. The molecule has 1 aliphatic heterocycles. The summed E-state index contributed by atoms with van der Waals surface area (Å²) in [6, 6.07) is 7.18. The van der Waals surface area contributed by atoms with Crippen molar-refractivity contribution < 1.29 is 14.3 Å². The number of ether oxygens (including phenoxy) is 1. The highest BCUT2D eigenvalue weighted by Gasteiger charge is 2.32. The first kappa shape index (κ1) is 18.4. The predicted octanol–water partition coefficient (Wildman–Crippen LogP) is 2.76. The number of hydrogen-bond donors (Lipinski definition) is 1. The molecule has 1 aromatic heterocycles. The highest BCUT2D eigenvalue weighted by molar-refractivity contribution is 7.09. The van der Waals surface area contributed by atoms with Crippen LogP contribution in [0.2, 0.25) is 0 Å². The number of rotatable bonds is 5. The van der Waals surface area contributed by atoms with Gasteiger partial charge in [0.15, 0.2) is 0 Å². The predicted molar refractivity (Wildman–Crippen MR) is 100 cm³/mol. The molecule has 2 heterocycles. The molecule has 7 heteroatoms. The average molecular weight is 373 g/mol. The fraction of sp³-hybridized carbons (Fsp3) is 0.421. The Morgan fingerprint density at radius 1 is 1.31 bits per heavy atom. The maximum Gasteiger partial charge on any atom is 0.254 e. The minimum atomic E-state index is -0.337. The molecule has 26 heavy (non-hydrogen) atoms. The topological polar surface area (TPSA) is 85.5 Å². The van der Waals surface area contributed by atoms with Gasteiger partial charge in [0.1, 0.15) is 12.4 Å². The first-order valence-corrected chi connectivity index (χ1v) is 9.56. The van der Waals surface area contributed by atoms with Crippen LogP contribution < -0.4 is 10.5 Å². The van der Waals surface area contributed by atoms with Crippen LogP contribution in [0.5, 0.6) is 5.75 Å². The van der Waals surface area contributed by atoms with Crippen molar-refractivity contribution in [2.75, 3.05) is 6.54 Å². The Labute approximate surface area is 157 Å². The minimum absolute atomic E-state index is 0.0786. The zero-order valence-corrected chi connectivity index (χ0v) is 15.8. The number of benzene rings is 1. The molecule has 0 bridgehead atoms. The van der Waals surface area contributed by atoms with Crippen LogP contribution in [0.15, 0.2) is 29.6 Å². The molecule has 0 radical (unpaired) electrons. The molecule has 2 N–H and O–H groups in total. The summed E-state index contributed by atoms with van der Waals surface area (Å²) < 4.78 is 5.71. The van der Waals surface area contributed by atoms with Gasteiger partial charge in [0.25, 0.3) is 5.91 Å². The van der Waals surface area contributed by atoms with E-state index < -0.39 is 0 Å². The van der Waals surface area contributed by atoms with E-state index in [2.05, 4.69) is 4.98 Å². The van der Waals surface area contributed by atoms with Crippen LogP contribution >= 0.6 is 11.3 Å². The van der Waals surface area contributed by atoms with Crippen molar-refractivity contribution in [3.05, 3.63) is 45.9 Å². The average Bonchev–Trinajstić information content (AvgIpc) is 3.05. The first-order chi connectivity index (χ1) is 12.4. The Bertz CT molecular complexity index is 788. The van der Waals surface area contributed by atoms with E-state index in [9.17, 15) is 9.59 Å². The summed E-state index contributed by atoms with van der Waals surface area (Å²) in [5.74, 6) is 0.00841. The van der Waals surface area contributed by atoms with Gasteiger partial charge < -0.3 is 15.4 Å². The molecule has 3 rings (SSSR count). The van der Waals surface area contributed by atoms with E-state index in [1.165, 1.54) is 0 Å². The molecule has 0 spiro atoms. The molecule has 1 fully saturated rings. The van der Waals surface area contributed by atoms with Gasteiger partial charge in [-0.05, 0) is 51.0 Å². The maximum absolute atomic E-state index is 12.8. The summed E-state index contributed by atoms with van der Waals surface area (Å²) >= 11 is 1.59. The fourth-order valence-electron chi connectivity index (χ4n) is 3.11. The monoisotopic (exact) mass is 373 g/mol. The number of likely N-dealkylation sites (tertiary alicyclic amines) is 1. The lowest BCUT2D eigenvalue weighted by Gasteiger charge is -2.37. The Morgan fingerprint density at radius 3 is 2.65 bits per heavy atom. The summed E-state index contributed by atoms with van der Waals surface area (Å²) in [4.78, 5) is 30.4. The van der Waals surface area contributed by atoms with E-state index in [0.717, 1.165) is 23.5 Å². The fourth-order valence-corrected chi connectivity index (χ4v) is 3.71. The van der Waals surface area contributed by atoms with Gasteiger partial charge in [-0.1, -0.05) is 0 Å². The molecule has 6 nitrogen and oxygen atoms in total. The van der Waals surface area contributed by atoms with Gasteiger partial charge in [-0.15, -0.1) is 11.3 Å². The number of amides is 2. The molecule has 1 aromatic carbocycles. The van der Waals surface area contributed by atoms with Gasteiger partial charge in [0.05, 0.1) is 16.6 Å². The second-order valence-electron chi connectivity index (χ2n) is 6.65. The van der Waals surface area contributed by atoms with Crippen LogP contribution in [0.1, 0.15) is 40.8 Å². The Kier molecular flexibility index (Phi) is 5.56. The normalized spacial score (nSPS) is 20.0. The molecule has 0 saturated carbocycles. The van der Waals surface area contributed by atoms with Gasteiger partial charge in [-0.3, -0.25) is 9.59 Å². The molecule has 0 unspecified atom stereocenters. The number of aryl methyl sites for hydroxylation is 1. The van der Waals surface area contributed by atoms with Gasteiger partial charge in [-0.2, -0.15) is 0 Å². The Hall–Kier alpha value is -2.41. The molecule has 2 amide bonds. The summed E-state index contributed by atoms with van der Waals surface area (Å²) in [7, 11) is 0. The molecule has 1 saturated heterocycles. The van der Waals surface area contributed by atoms with E-state index in [4.69, 9.17) is 10.5 Å². The number of nitrogens with two attached hydrogens (primary N) is 1. The maximum atomic E-state index is 12.8. The first-order valence-electron chi connectivity index (χ1n) is 8.68. The summed E-state index contributed by atoms with van der Waals surface area (Å²) in [6.45, 7) is 4.75. The van der Waals surface area contributed by atoms with Gasteiger partial charge >= 0.3 is 0 Å². The van der Waals surface area contributed by atoms with Gasteiger partial charge in [0, 0.05) is 23.5 Å². The number of aromatic nitrogens is 1. The summed E-state index contributed by atoms with van der Waals surface area (Å²) in [6.07, 6.45) is 1.52. The van der Waals surface area contributed by atoms with Crippen molar-refractivity contribution in [3.63, 3.8) is 0 Å². The Morgan fingerprint density at radius 2 is 2.04 bits per heavy atom. The van der Waals surface area contributed by atoms with E-state index in [1.807, 2.05) is 19.2 Å². The quantitative estimate of drug-likeness (QED) is 0.873. The van der Waals surface area contributed by atoms with Crippen LogP contribution in [-0.2, 0) is 11.4 Å². The second kappa shape index (κ2) is 7.86. The molecule has 2 atom stereocenters. The van der Waals surface area contributed by atoms with Crippen LogP contribution in [0.25, 0.3) is 0 Å². The molecular formula is C19H23N3O3S. The SMILES string of the molecule is Cc1nc(COc2ccc(C(=O)N3C[C@H](C(N)=O)CC[C@@H]3C)cc2)cs1. The third kappa shape index (κ3) is 4.22. The lowest BCUT2D eigenvalue weighted by molar-refractivity contribution is -0.123. The van der Waals surface area contributed by atoms with Gasteiger partial charge in [-0.25, -0.2) is 4.98 Å². The van der Waals surface area contributed by atoms with Crippen molar-refractivity contribution in [2.45, 2.75) is 39.3 Å². The van der Waals surface area contributed by atoms with Crippen LogP contribution in [-0.4, -0.2) is 34.3 Å². The van der Waals surface area contributed by atoms with Crippen molar-refractivity contribution in [1.82, 2.24) is 9.88 Å². The lowest BCUT2D eigenvalue weighted by Crippen LogP contribution is -2.48. The zero-order valence-electron chi connectivity index (χ0n) is 15.0. The van der Waals surface area contributed by atoms with E-state index in [0.29, 0.717) is 24.5 Å². The molecular weight excluding hydrogens is 350 g/mol. The third-order valence-electron chi connectivity index (χ3n) is 4.70. The van der Waals surface area contributed by atoms with Crippen LogP contribution in [0, 0.1) is 12.8 Å². The smallest absolute Gasteiger partial charge is 0.254 e. The number of carbonyl (C=O) groups excluding carboxylic acids is 2. The summed E-state index contributed by atoms with van der Waals surface area (Å²) in [5, 5.41) is 2.98. The molecule has 138 valence electrons. The van der Waals surface area contributed by atoms with E-state index >= 15 is 0 Å². The molecule has 1 aliphatic rings. The standard InChI is InChI=1S/C19H23N3O3S/c1-12-3-4-15(18(20)23)9-22(12)19(24)14-5-7-17(8-6-14)25-10-16-11-26-13(2)21-16/h5-8,11-12,15H,3-4,9-10H2,1-2H3,(H2,20,23)/t12-,15+/m0/s1. The van der Waals surface area contributed by atoms with Crippen LogP contribution in [0.3, 0.4) is 0 Å². The van der Waals surface area contributed by atoms with E-state index in [1.54, 1.807) is 40.5 Å². The van der Waals surface area contributed by atoms with Crippen molar-refractivity contribution >= 4 is 23.2 Å². The lowest BCUT2D eigenvalue weighted by atomic mass is 9.92. The Balaban J connectivity index is 1.63. The van der Waals surface area contributed by atoms with Gasteiger partial charge in [0.2, 0.25) is 5.91 Å². The third-order valence-corrected chi connectivity index (χ3v) is 5.52. The number of primary amides is 1. The summed E-state index contributed by atoms with van der Waals surface area (Å²) in [5.41, 5.74) is 6.90. The zero-order chi connectivity index (χ0) is 18.7. The van der Waals surface area contributed by atoms with Crippen molar-refractivity contribution in [2.24, 2.45) is 11.7 Å². The highest BCUT2D eigenvalue weighted by Crippen LogP contribution is 2.24. The van der Waals surface area contributed by atoms with Crippen molar-refractivity contribution in [3.8, 4) is 5.75 Å². The number of thiazole rings is 1. The number of hydrogen-bond acceptors (Lipinski definition) is 5. The largest absolute Gasteiger partial charge is 0.487 e. The molecule has 0 aliphatic carbocycles. The van der Waals surface area contributed by atoms with Crippen molar-refractivity contribution in [1.29, 1.82) is 0 Å². The highest BCUT2D eigenvalue weighted by atomic mass is 32.1. The number of carbonyl (C=O) groups is 2. The van der Waals surface area contributed by atoms with E-state index in [-0.39, 0.29) is 23.8 Å². The molecule has 2 aromatic rings. The van der Waals surface area contributed by atoms with Crippen LogP contribution in [0.4, 0.5) is 0 Å². The number of piperidine rings is 1. The second-order valence-corrected chi connectivity index (χ2v) is 7.72. The number of nitrogens with zero attached hydrogens (tertiary/aromatic N) is 2.